The molecule has 0 radical (unpaired) electrons. The van der Waals surface area contributed by atoms with Gasteiger partial charge in [-0.05, 0) is 43.0 Å². The van der Waals surface area contributed by atoms with E-state index in [1.54, 1.807) is 19.1 Å². The summed E-state index contributed by atoms with van der Waals surface area (Å²) in [5.41, 5.74) is 0.833. The number of esters is 1. The molecule has 0 saturated heterocycles. The molecule has 1 heterocycles. The van der Waals surface area contributed by atoms with Crippen molar-refractivity contribution in [1.29, 1.82) is 0 Å². The lowest BCUT2D eigenvalue weighted by atomic mass is 9.97. The maximum Gasteiger partial charge on any atom is 0.416 e. The highest BCUT2D eigenvalue weighted by molar-refractivity contribution is 7.98. The van der Waals surface area contributed by atoms with Crippen molar-refractivity contribution in [2.24, 2.45) is 0 Å². The zero-order chi connectivity index (χ0) is 20.6. The zero-order valence-electron chi connectivity index (χ0n) is 15.1. The number of carbonyl (C=O) groups excluding carboxylic acids is 1. The number of methoxy groups -OCH3 is 1. The van der Waals surface area contributed by atoms with Crippen molar-refractivity contribution in [3.8, 4) is 11.3 Å². The average molecular weight is 426 g/mol. The molecule has 3 nitrogen and oxygen atoms in total. The van der Waals surface area contributed by atoms with Gasteiger partial charge >= 0.3 is 12.1 Å². The Labute approximate surface area is 168 Å². The lowest BCUT2D eigenvalue weighted by Gasteiger charge is -2.15. The van der Waals surface area contributed by atoms with Crippen LogP contribution in [0.3, 0.4) is 0 Å². The second-order valence-corrected chi connectivity index (χ2v) is 7.29. The number of fused-ring (bicyclic) bond motifs is 1. The average Bonchev–Trinajstić information content (AvgIpc) is 2.66. The van der Waals surface area contributed by atoms with Gasteiger partial charge in [0.05, 0.1) is 34.5 Å². The monoisotopic (exact) mass is 425 g/mol. The molecule has 0 aliphatic rings. The van der Waals surface area contributed by atoms with Gasteiger partial charge in [0.25, 0.3) is 0 Å². The minimum Gasteiger partial charge on any atom is -0.465 e. The van der Waals surface area contributed by atoms with Crippen LogP contribution in [-0.4, -0.2) is 24.3 Å². The van der Waals surface area contributed by atoms with Gasteiger partial charge in [-0.1, -0.05) is 23.7 Å². The summed E-state index contributed by atoms with van der Waals surface area (Å²) >= 11 is 7.68. The summed E-state index contributed by atoms with van der Waals surface area (Å²) in [5, 5.41) is 0.982. The second-order valence-electron chi connectivity index (χ2n) is 6.03. The molecule has 8 heteroatoms. The van der Waals surface area contributed by atoms with E-state index in [9.17, 15) is 18.0 Å². The lowest BCUT2D eigenvalue weighted by molar-refractivity contribution is -0.137. The van der Waals surface area contributed by atoms with Crippen LogP contribution in [0, 0.1) is 6.92 Å². The Morgan fingerprint density at radius 3 is 2.54 bits per heavy atom. The molecule has 0 fully saturated rings. The van der Waals surface area contributed by atoms with Crippen molar-refractivity contribution in [2.75, 3.05) is 13.4 Å². The fraction of sp³-hybridized carbons (Fsp3) is 0.200. The summed E-state index contributed by atoms with van der Waals surface area (Å²) in [7, 11) is 1.25. The number of nitrogens with zero attached hydrogens (tertiary/aromatic N) is 1. The number of aromatic nitrogens is 1. The van der Waals surface area contributed by atoms with Crippen LogP contribution in [0.1, 0.15) is 21.5 Å². The van der Waals surface area contributed by atoms with Crippen LogP contribution >= 0.6 is 23.4 Å². The molecule has 0 aliphatic heterocycles. The predicted octanol–water partition coefficient (Wildman–Crippen LogP) is 6.39. The summed E-state index contributed by atoms with van der Waals surface area (Å²) in [6.07, 6.45) is -2.63. The normalized spacial score (nSPS) is 11.7. The van der Waals surface area contributed by atoms with Gasteiger partial charge in [-0.25, -0.2) is 9.78 Å². The SMILES string of the molecule is COC(=O)c1c(C)c(-c2cccc(C(F)(F)F)c2)nc2cc(Cl)c(SC)cc12. The van der Waals surface area contributed by atoms with Crippen molar-refractivity contribution in [3.63, 3.8) is 0 Å². The third-order valence-corrected chi connectivity index (χ3v) is 5.56. The summed E-state index contributed by atoms with van der Waals surface area (Å²) in [6, 6.07) is 8.18. The first-order valence-corrected chi connectivity index (χ1v) is 9.71. The predicted molar refractivity (Wildman–Crippen MR) is 105 cm³/mol. The third kappa shape index (κ3) is 3.69. The van der Waals surface area contributed by atoms with Crippen LogP contribution in [-0.2, 0) is 10.9 Å². The molecule has 1 aromatic heterocycles. The van der Waals surface area contributed by atoms with Gasteiger partial charge in [-0.3, -0.25) is 0 Å². The first-order valence-electron chi connectivity index (χ1n) is 8.11. The Hall–Kier alpha value is -2.25. The summed E-state index contributed by atoms with van der Waals surface area (Å²) in [4.78, 5) is 17.7. The molecule has 28 heavy (non-hydrogen) atoms. The molecule has 3 rings (SSSR count). The smallest absolute Gasteiger partial charge is 0.416 e. The molecule has 0 amide bonds. The number of halogens is 4. The van der Waals surface area contributed by atoms with Gasteiger partial charge in [0.2, 0.25) is 0 Å². The maximum absolute atomic E-state index is 13.1. The largest absolute Gasteiger partial charge is 0.465 e. The molecule has 0 atom stereocenters. The number of rotatable bonds is 3. The highest BCUT2D eigenvalue weighted by atomic mass is 35.5. The van der Waals surface area contributed by atoms with E-state index in [1.165, 1.54) is 31.0 Å². The summed E-state index contributed by atoms with van der Waals surface area (Å²) in [5.74, 6) is -0.590. The van der Waals surface area contributed by atoms with E-state index in [-0.39, 0.29) is 16.8 Å². The van der Waals surface area contributed by atoms with Gasteiger partial charge in [0.1, 0.15) is 0 Å². The van der Waals surface area contributed by atoms with Gasteiger partial charge in [0.15, 0.2) is 0 Å². The van der Waals surface area contributed by atoms with Crippen molar-refractivity contribution < 1.29 is 22.7 Å². The number of benzene rings is 2. The molecule has 3 aromatic rings. The van der Waals surface area contributed by atoms with Crippen LogP contribution in [0.2, 0.25) is 5.02 Å². The number of pyridine rings is 1. The van der Waals surface area contributed by atoms with Crippen LogP contribution in [0.4, 0.5) is 13.2 Å². The number of alkyl halides is 3. The quantitative estimate of drug-likeness (QED) is 0.360. The van der Waals surface area contributed by atoms with Gasteiger partial charge in [-0.2, -0.15) is 13.2 Å². The molecule has 146 valence electrons. The Morgan fingerprint density at radius 2 is 1.93 bits per heavy atom. The van der Waals surface area contributed by atoms with E-state index in [1.807, 2.05) is 6.26 Å². The highest BCUT2D eigenvalue weighted by Crippen LogP contribution is 2.37. The molecule has 0 N–H and O–H groups in total. The van der Waals surface area contributed by atoms with E-state index in [2.05, 4.69) is 4.98 Å². The van der Waals surface area contributed by atoms with Gasteiger partial charge < -0.3 is 4.74 Å². The number of hydrogen-bond acceptors (Lipinski definition) is 4. The van der Waals surface area contributed by atoms with Crippen LogP contribution in [0.15, 0.2) is 41.3 Å². The van der Waals surface area contributed by atoms with Crippen LogP contribution in [0.25, 0.3) is 22.2 Å². The standard InChI is InChI=1S/C20H15ClF3NO2S/c1-10-17(19(26)27-2)13-8-16(28-3)14(21)9-15(13)25-18(10)11-5-4-6-12(7-11)20(22,23)24/h4-9H,1-3H3. The van der Waals surface area contributed by atoms with E-state index in [4.69, 9.17) is 16.3 Å². The molecule has 2 aromatic carbocycles. The van der Waals surface area contributed by atoms with Crippen molar-refractivity contribution in [2.45, 2.75) is 18.0 Å². The maximum atomic E-state index is 13.1. The highest BCUT2D eigenvalue weighted by Gasteiger charge is 2.31. The first kappa shape index (κ1) is 20.5. The molecule has 0 spiro atoms. The number of ether oxygens (including phenoxy) is 1. The topological polar surface area (TPSA) is 39.2 Å². The third-order valence-electron chi connectivity index (χ3n) is 4.35. The zero-order valence-corrected chi connectivity index (χ0v) is 16.7. The van der Waals surface area contributed by atoms with E-state index in [0.717, 1.165) is 17.0 Å². The van der Waals surface area contributed by atoms with E-state index >= 15 is 0 Å². The van der Waals surface area contributed by atoms with Crippen LogP contribution in [0.5, 0.6) is 0 Å². The Kier molecular flexibility index (Phi) is 5.59. The summed E-state index contributed by atoms with van der Waals surface area (Å²) < 4.78 is 44.3. The van der Waals surface area contributed by atoms with E-state index < -0.39 is 17.7 Å². The molecule has 0 unspecified atom stereocenters. The number of thioether (sulfide) groups is 1. The van der Waals surface area contributed by atoms with E-state index in [0.29, 0.717) is 21.5 Å². The Morgan fingerprint density at radius 1 is 1.21 bits per heavy atom. The van der Waals surface area contributed by atoms with Crippen LogP contribution < -0.4 is 0 Å². The fourth-order valence-corrected chi connectivity index (χ4v) is 3.88. The second kappa shape index (κ2) is 7.64. The number of hydrogen-bond donors (Lipinski definition) is 0. The van der Waals surface area contributed by atoms with Gasteiger partial charge in [0, 0.05) is 15.8 Å². The molecular formula is C20H15ClF3NO2S. The van der Waals surface area contributed by atoms with Gasteiger partial charge in [-0.15, -0.1) is 11.8 Å². The van der Waals surface area contributed by atoms with Crippen molar-refractivity contribution >= 4 is 40.2 Å². The first-order chi connectivity index (χ1) is 13.2. The molecule has 0 aliphatic carbocycles. The molecular weight excluding hydrogens is 411 g/mol. The van der Waals surface area contributed by atoms with Crippen molar-refractivity contribution in [3.05, 3.63) is 58.1 Å². The molecule has 0 saturated carbocycles. The molecule has 0 bridgehead atoms. The lowest BCUT2D eigenvalue weighted by Crippen LogP contribution is -2.09. The van der Waals surface area contributed by atoms with Crippen molar-refractivity contribution in [1.82, 2.24) is 4.98 Å². The Bertz CT molecular complexity index is 1080. The number of carbonyl (C=O) groups is 1. The minimum atomic E-state index is -4.48. The fourth-order valence-electron chi connectivity index (χ4n) is 3.01. The summed E-state index contributed by atoms with van der Waals surface area (Å²) in [6.45, 7) is 1.64. The Balaban J connectivity index is 2.36. The minimum absolute atomic E-state index is 0.254.